The second kappa shape index (κ2) is 6.58. The third-order valence-electron chi connectivity index (χ3n) is 3.46. The molecule has 2 aromatic rings. The maximum Gasteiger partial charge on any atom is 0.120 e. The van der Waals surface area contributed by atoms with Gasteiger partial charge >= 0.3 is 0 Å². The number of hydrogen-bond acceptors (Lipinski definition) is 5. The lowest BCUT2D eigenvalue weighted by Gasteiger charge is -2.22. The first kappa shape index (κ1) is 13.2. The standard InChI is InChI=1S/C14H19N5O/c1-2-16-13(8-15-1)7-12-9-19(5-6-20-11-12)10-14-17-3-4-18-14/h1-4,8,12H,5-7,9-11H2,(H,17,18)/t12-/m1/s1. The van der Waals surface area contributed by atoms with E-state index in [2.05, 4.69) is 24.8 Å². The molecule has 0 aliphatic carbocycles. The normalized spacial score (nSPS) is 20.7. The molecule has 0 saturated carbocycles. The summed E-state index contributed by atoms with van der Waals surface area (Å²) in [6, 6.07) is 0. The largest absolute Gasteiger partial charge is 0.380 e. The monoisotopic (exact) mass is 273 g/mol. The Bertz CT molecular complexity index is 502. The van der Waals surface area contributed by atoms with E-state index in [1.807, 2.05) is 12.4 Å². The van der Waals surface area contributed by atoms with Gasteiger partial charge in [0.2, 0.25) is 0 Å². The smallest absolute Gasteiger partial charge is 0.120 e. The average molecular weight is 273 g/mol. The molecule has 6 heteroatoms. The molecule has 3 heterocycles. The van der Waals surface area contributed by atoms with Crippen LogP contribution in [0.25, 0.3) is 0 Å². The summed E-state index contributed by atoms with van der Waals surface area (Å²) in [6.45, 7) is 4.34. The minimum absolute atomic E-state index is 0.448. The maximum absolute atomic E-state index is 5.71. The van der Waals surface area contributed by atoms with Crippen LogP contribution in [0, 0.1) is 5.92 Å². The Kier molecular flexibility index (Phi) is 4.35. The lowest BCUT2D eigenvalue weighted by molar-refractivity contribution is 0.121. The van der Waals surface area contributed by atoms with Crippen LogP contribution in [-0.2, 0) is 17.7 Å². The molecule has 106 valence electrons. The molecule has 0 radical (unpaired) electrons. The molecule has 0 spiro atoms. The SMILES string of the molecule is c1cnc(C[C@H]2COCCN(Cc3ncc[nH]3)C2)cn1. The van der Waals surface area contributed by atoms with Crippen molar-refractivity contribution in [2.75, 3.05) is 26.3 Å². The van der Waals surface area contributed by atoms with E-state index in [0.717, 1.165) is 50.8 Å². The number of nitrogens with one attached hydrogen (secondary N) is 1. The Labute approximate surface area is 118 Å². The summed E-state index contributed by atoms with van der Waals surface area (Å²) in [5, 5.41) is 0. The Hall–Kier alpha value is -1.79. The van der Waals surface area contributed by atoms with E-state index in [1.54, 1.807) is 18.6 Å². The van der Waals surface area contributed by atoms with Crippen LogP contribution in [0.1, 0.15) is 11.5 Å². The summed E-state index contributed by atoms with van der Waals surface area (Å²) in [5.74, 6) is 1.45. The molecule has 0 unspecified atom stereocenters. The van der Waals surface area contributed by atoms with Crippen molar-refractivity contribution in [2.24, 2.45) is 5.92 Å². The molecule has 6 nitrogen and oxygen atoms in total. The van der Waals surface area contributed by atoms with Crippen LogP contribution in [0.4, 0.5) is 0 Å². The number of rotatable bonds is 4. The summed E-state index contributed by atoms with van der Waals surface area (Å²) in [4.78, 5) is 18.3. The van der Waals surface area contributed by atoms with Gasteiger partial charge in [0.25, 0.3) is 0 Å². The summed E-state index contributed by atoms with van der Waals surface area (Å²) >= 11 is 0. The highest BCUT2D eigenvalue weighted by molar-refractivity contribution is 4.97. The van der Waals surface area contributed by atoms with E-state index in [0.29, 0.717) is 5.92 Å². The van der Waals surface area contributed by atoms with E-state index in [4.69, 9.17) is 4.74 Å². The molecule has 1 aliphatic rings. The van der Waals surface area contributed by atoms with Gasteiger partial charge in [-0.15, -0.1) is 0 Å². The van der Waals surface area contributed by atoms with E-state index < -0.39 is 0 Å². The molecule has 2 aromatic heterocycles. The van der Waals surface area contributed by atoms with Crippen LogP contribution in [0.2, 0.25) is 0 Å². The van der Waals surface area contributed by atoms with Crippen molar-refractivity contribution in [3.63, 3.8) is 0 Å². The molecule has 1 atom stereocenters. The van der Waals surface area contributed by atoms with Crippen molar-refractivity contribution in [1.29, 1.82) is 0 Å². The van der Waals surface area contributed by atoms with Gasteiger partial charge in [-0.05, 0) is 6.42 Å². The van der Waals surface area contributed by atoms with Gasteiger partial charge < -0.3 is 9.72 Å². The van der Waals surface area contributed by atoms with E-state index in [9.17, 15) is 0 Å². The van der Waals surface area contributed by atoms with Gasteiger partial charge in [0.05, 0.1) is 25.5 Å². The maximum atomic E-state index is 5.71. The highest BCUT2D eigenvalue weighted by Gasteiger charge is 2.20. The van der Waals surface area contributed by atoms with Crippen molar-refractivity contribution in [3.05, 3.63) is 42.5 Å². The van der Waals surface area contributed by atoms with E-state index in [1.165, 1.54) is 0 Å². The molecule has 1 saturated heterocycles. The van der Waals surface area contributed by atoms with Crippen molar-refractivity contribution in [2.45, 2.75) is 13.0 Å². The molecule has 20 heavy (non-hydrogen) atoms. The van der Waals surface area contributed by atoms with E-state index >= 15 is 0 Å². The Morgan fingerprint density at radius 1 is 1.30 bits per heavy atom. The first-order valence-corrected chi connectivity index (χ1v) is 6.93. The van der Waals surface area contributed by atoms with Gasteiger partial charge in [-0.2, -0.15) is 0 Å². The molecule has 1 fully saturated rings. The number of imidazole rings is 1. The minimum atomic E-state index is 0.448. The first-order valence-electron chi connectivity index (χ1n) is 6.93. The van der Waals surface area contributed by atoms with Crippen molar-refractivity contribution >= 4 is 0 Å². The molecule has 0 amide bonds. The number of aromatic amines is 1. The third kappa shape index (κ3) is 3.61. The quantitative estimate of drug-likeness (QED) is 0.896. The van der Waals surface area contributed by atoms with Crippen LogP contribution in [-0.4, -0.2) is 51.1 Å². The summed E-state index contributed by atoms with van der Waals surface area (Å²) in [5.41, 5.74) is 1.03. The number of nitrogens with zero attached hydrogens (tertiary/aromatic N) is 4. The Balaban J connectivity index is 1.60. The third-order valence-corrected chi connectivity index (χ3v) is 3.46. The zero-order valence-electron chi connectivity index (χ0n) is 11.4. The predicted molar refractivity (Wildman–Crippen MR) is 73.9 cm³/mol. The van der Waals surface area contributed by atoms with Gasteiger partial charge in [0.1, 0.15) is 5.82 Å². The van der Waals surface area contributed by atoms with Crippen LogP contribution in [0.5, 0.6) is 0 Å². The van der Waals surface area contributed by atoms with Crippen LogP contribution >= 0.6 is 0 Å². The Morgan fingerprint density at radius 2 is 2.30 bits per heavy atom. The number of aromatic nitrogens is 4. The fraction of sp³-hybridized carbons (Fsp3) is 0.500. The number of ether oxygens (including phenoxy) is 1. The van der Waals surface area contributed by atoms with Crippen LogP contribution in [0.3, 0.4) is 0 Å². The fourth-order valence-corrected chi connectivity index (χ4v) is 2.55. The summed E-state index contributed by atoms with van der Waals surface area (Å²) in [6.07, 6.45) is 9.84. The number of hydrogen-bond donors (Lipinski definition) is 1. The topological polar surface area (TPSA) is 66.9 Å². The van der Waals surface area contributed by atoms with Gasteiger partial charge in [-0.1, -0.05) is 0 Å². The van der Waals surface area contributed by atoms with Crippen molar-refractivity contribution in [3.8, 4) is 0 Å². The fourth-order valence-electron chi connectivity index (χ4n) is 2.55. The van der Waals surface area contributed by atoms with Crippen molar-refractivity contribution < 1.29 is 4.74 Å². The molecule has 1 aliphatic heterocycles. The van der Waals surface area contributed by atoms with Gasteiger partial charge in [0, 0.05) is 50.0 Å². The van der Waals surface area contributed by atoms with E-state index in [-0.39, 0.29) is 0 Å². The highest BCUT2D eigenvalue weighted by atomic mass is 16.5. The first-order chi connectivity index (χ1) is 9.90. The summed E-state index contributed by atoms with van der Waals surface area (Å²) in [7, 11) is 0. The lowest BCUT2D eigenvalue weighted by Crippen LogP contribution is -2.31. The van der Waals surface area contributed by atoms with Crippen molar-refractivity contribution in [1.82, 2.24) is 24.8 Å². The van der Waals surface area contributed by atoms with Gasteiger partial charge in [0.15, 0.2) is 0 Å². The zero-order chi connectivity index (χ0) is 13.6. The molecular weight excluding hydrogens is 254 g/mol. The zero-order valence-corrected chi connectivity index (χ0v) is 11.4. The van der Waals surface area contributed by atoms with Gasteiger partial charge in [-0.25, -0.2) is 4.98 Å². The molecule has 1 N–H and O–H groups in total. The summed E-state index contributed by atoms with van der Waals surface area (Å²) < 4.78 is 5.71. The molecule has 3 rings (SSSR count). The highest BCUT2D eigenvalue weighted by Crippen LogP contribution is 2.13. The average Bonchev–Trinajstić information content (AvgIpc) is 2.87. The second-order valence-corrected chi connectivity index (χ2v) is 5.11. The van der Waals surface area contributed by atoms with Crippen LogP contribution in [0.15, 0.2) is 31.0 Å². The van der Waals surface area contributed by atoms with Gasteiger partial charge in [-0.3, -0.25) is 14.9 Å². The predicted octanol–water partition coefficient (Wildman–Crippen LogP) is 0.891. The molecule has 0 bridgehead atoms. The number of H-pyrrole nitrogens is 1. The minimum Gasteiger partial charge on any atom is -0.380 e. The second-order valence-electron chi connectivity index (χ2n) is 5.11. The van der Waals surface area contributed by atoms with Crippen LogP contribution < -0.4 is 0 Å². The lowest BCUT2D eigenvalue weighted by atomic mass is 10.0. The Morgan fingerprint density at radius 3 is 3.10 bits per heavy atom. The molecule has 0 aromatic carbocycles. The molecular formula is C14H19N5O.